The van der Waals surface area contributed by atoms with Gasteiger partial charge >= 0.3 is 0 Å². The minimum absolute atomic E-state index is 0.0185. The summed E-state index contributed by atoms with van der Waals surface area (Å²) in [5.74, 6) is -0.0388. The van der Waals surface area contributed by atoms with Crippen LogP contribution < -0.4 is 5.32 Å². The second-order valence-corrected chi connectivity index (χ2v) is 5.33. The molecule has 18 heavy (non-hydrogen) atoms. The van der Waals surface area contributed by atoms with E-state index >= 15 is 0 Å². The number of nitrogens with one attached hydrogen (secondary N) is 1. The lowest BCUT2D eigenvalue weighted by Gasteiger charge is -2.16. The highest BCUT2D eigenvalue weighted by molar-refractivity contribution is 5.84. The summed E-state index contributed by atoms with van der Waals surface area (Å²) in [6.45, 7) is 1.04. The standard InChI is InChI=1S/C13H22N2O3/c16-11-7-8-15(9-11)13(18)6-5-12(17)14-10-3-1-2-4-10/h10-11,16H,1-9H2,(H,14,17)/t11-/m1/s1. The predicted octanol–water partition coefficient (Wildman–Crippen LogP) is 0.419. The molecule has 0 unspecified atom stereocenters. The zero-order valence-corrected chi connectivity index (χ0v) is 10.7. The van der Waals surface area contributed by atoms with Crippen LogP contribution in [0, 0.1) is 0 Å². The molecule has 2 N–H and O–H groups in total. The molecule has 1 saturated heterocycles. The number of likely N-dealkylation sites (tertiary alicyclic amines) is 1. The molecule has 0 aromatic heterocycles. The summed E-state index contributed by atoms with van der Waals surface area (Å²) < 4.78 is 0. The number of rotatable bonds is 4. The second-order valence-electron chi connectivity index (χ2n) is 5.33. The van der Waals surface area contributed by atoms with Gasteiger partial charge in [0.1, 0.15) is 0 Å². The van der Waals surface area contributed by atoms with Crippen LogP contribution in [0.1, 0.15) is 44.9 Å². The average molecular weight is 254 g/mol. The molecule has 2 rings (SSSR count). The molecule has 0 radical (unpaired) electrons. The van der Waals surface area contributed by atoms with E-state index in [1.165, 1.54) is 12.8 Å². The fraction of sp³-hybridized carbons (Fsp3) is 0.846. The van der Waals surface area contributed by atoms with Crippen LogP contribution in [0.5, 0.6) is 0 Å². The number of hydrogen-bond acceptors (Lipinski definition) is 3. The maximum Gasteiger partial charge on any atom is 0.223 e. The molecule has 2 fully saturated rings. The molecule has 1 aliphatic carbocycles. The van der Waals surface area contributed by atoms with Crippen molar-refractivity contribution in [3.8, 4) is 0 Å². The van der Waals surface area contributed by atoms with Crippen LogP contribution in [0.15, 0.2) is 0 Å². The second kappa shape index (κ2) is 6.18. The summed E-state index contributed by atoms with van der Waals surface area (Å²) in [6, 6.07) is 0.321. The summed E-state index contributed by atoms with van der Waals surface area (Å²) in [4.78, 5) is 25.1. The fourth-order valence-electron chi connectivity index (χ4n) is 2.72. The average Bonchev–Trinajstić information content (AvgIpc) is 2.97. The Kier molecular flexibility index (Phi) is 4.58. The Bertz CT molecular complexity index is 313. The van der Waals surface area contributed by atoms with E-state index in [4.69, 9.17) is 0 Å². The van der Waals surface area contributed by atoms with Gasteiger partial charge in [0.05, 0.1) is 6.10 Å². The molecule has 1 saturated carbocycles. The molecule has 1 atom stereocenters. The van der Waals surface area contributed by atoms with E-state index in [0.29, 0.717) is 25.6 Å². The SMILES string of the molecule is O=C(CCC(=O)N1CC[C@@H](O)C1)NC1CCCC1. The number of carbonyl (C=O) groups excluding carboxylic acids is 2. The van der Waals surface area contributed by atoms with Gasteiger partial charge in [-0.05, 0) is 19.3 Å². The number of hydrogen-bond donors (Lipinski definition) is 2. The van der Waals surface area contributed by atoms with Gasteiger partial charge in [-0.15, -0.1) is 0 Å². The maximum absolute atomic E-state index is 11.8. The number of aliphatic hydroxyl groups is 1. The van der Waals surface area contributed by atoms with E-state index in [2.05, 4.69) is 5.32 Å². The Morgan fingerprint density at radius 1 is 1.17 bits per heavy atom. The van der Waals surface area contributed by atoms with Crippen LogP contribution in [0.2, 0.25) is 0 Å². The van der Waals surface area contributed by atoms with Crippen molar-refractivity contribution in [3.63, 3.8) is 0 Å². The molecule has 0 bridgehead atoms. The van der Waals surface area contributed by atoms with Gasteiger partial charge in [0.25, 0.3) is 0 Å². The summed E-state index contributed by atoms with van der Waals surface area (Å²) in [7, 11) is 0. The van der Waals surface area contributed by atoms with Gasteiger partial charge in [0, 0.05) is 32.0 Å². The van der Waals surface area contributed by atoms with Crippen LogP contribution in [0.25, 0.3) is 0 Å². The normalized spacial score (nSPS) is 24.5. The molecule has 0 aromatic rings. The van der Waals surface area contributed by atoms with Crippen molar-refractivity contribution in [2.24, 2.45) is 0 Å². The molecule has 1 heterocycles. The smallest absolute Gasteiger partial charge is 0.223 e. The molecule has 102 valence electrons. The molecule has 5 nitrogen and oxygen atoms in total. The highest BCUT2D eigenvalue weighted by Crippen LogP contribution is 2.18. The first kappa shape index (κ1) is 13.3. The number of aliphatic hydroxyl groups excluding tert-OH is 1. The van der Waals surface area contributed by atoms with Crippen molar-refractivity contribution in [2.45, 2.75) is 57.1 Å². The van der Waals surface area contributed by atoms with Gasteiger partial charge in [0.2, 0.25) is 11.8 Å². The van der Waals surface area contributed by atoms with Crippen molar-refractivity contribution >= 4 is 11.8 Å². The topological polar surface area (TPSA) is 69.6 Å². The Balaban J connectivity index is 1.64. The number of β-amino-alcohol motifs (C(OH)–C–C–N with tert-alkyl or cyclic N) is 1. The van der Waals surface area contributed by atoms with Crippen molar-refractivity contribution in [1.82, 2.24) is 10.2 Å². The Labute approximate surface area is 108 Å². The van der Waals surface area contributed by atoms with Crippen LogP contribution >= 0.6 is 0 Å². The minimum atomic E-state index is -0.388. The van der Waals surface area contributed by atoms with Crippen LogP contribution in [-0.2, 0) is 9.59 Å². The quantitative estimate of drug-likeness (QED) is 0.764. The monoisotopic (exact) mass is 254 g/mol. The van der Waals surface area contributed by atoms with Gasteiger partial charge in [-0.3, -0.25) is 9.59 Å². The molecule has 0 spiro atoms. The molecule has 2 aliphatic rings. The number of carbonyl (C=O) groups is 2. The highest BCUT2D eigenvalue weighted by atomic mass is 16.3. The third-order valence-corrected chi connectivity index (χ3v) is 3.80. The van der Waals surface area contributed by atoms with Gasteiger partial charge in [-0.2, -0.15) is 0 Å². The highest BCUT2D eigenvalue weighted by Gasteiger charge is 2.25. The van der Waals surface area contributed by atoms with Crippen molar-refractivity contribution in [2.75, 3.05) is 13.1 Å². The lowest BCUT2D eigenvalue weighted by atomic mass is 10.2. The van der Waals surface area contributed by atoms with Gasteiger partial charge in [-0.1, -0.05) is 12.8 Å². The van der Waals surface area contributed by atoms with E-state index in [0.717, 1.165) is 12.8 Å². The van der Waals surface area contributed by atoms with Crippen molar-refractivity contribution in [1.29, 1.82) is 0 Å². The summed E-state index contributed by atoms with van der Waals surface area (Å²) >= 11 is 0. The van der Waals surface area contributed by atoms with E-state index in [9.17, 15) is 14.7 Å². The molecular formula is C13H22N2O3. The van der Waals surface area contributed by atoms with Crippen LogP contribution in [0.4, 0.5) is 0 Å². The summed E-state index contributed by atoms with van der Waals surface area (Å²) in [6.07, 6.45) is 5.30. The zero-order chi connectivity index (χ0) is 13.0. The van der Waals surface area contributed by atoms with Crippen molar-refractivity contribution in [3.05, 3.63) is 0 Å². The van der Waals surface area contributed by atoms with Crippen LogP contribution in [-0.4, -0.2) is 47.1 Å². The van der Waals surface area contributed by atoms with Gasteiger partial charge in [0.15, 0.2) is 0 Å². The van der Waals surface area contributed by atoms with Gasteiger partial charge < -0.3 is 15.3 Å². The predicted molar refractivity (Wildman–Crippen MR) is 66.8 cm³/mol. The minimum Gasteiger partial charge on any atom is -0.391 e. The lowest BCUT2D eigenvalue weighted by Crippen LogP contribution is -2.34. The third-order valence-electron chi connectivity index (χ3n) is 3.80. The lowest BCUT2D eigenvalue weighted by molar-refractivity contribution is -0.133. The maximum atomic E-state index is 11.8. The summed E-state index contributed by atoms with van der Waals surface area (Å²) in [5.41, 5.74) is 0. The third kappa shape index (κ3) is 3.70. The largest absolute Gasteiger partial charge is 0.391 e. The van der Waals surface area contributed by atoms with E-state index in [1.807, 2.05) is 0 Å². The Morgan fingerprint density at radius 2 is 1.89 bits per heavy atom. The zero-order valence-electron chi connectivity index (χ0n) is 10.7. The molecule has 1 aliphatic heterocycles. The molecule has 5 heteroatoms. The van der Waals surface area contributed by atoms with Crippen LogP contribution in [0.3, 0.4) is 0 Å². The van der Waals surface area contributed by atoms with Crippen molar-refractivity contribution < 1.29 is 14.7 Å². The van der Waals surface area contributed by atoms with E-state index in [-0.39, 0.29) is 30.8 Å². The fourth-order valence-corrected chi connectivity index (χ4v) is 2.72. The Hall–Kier alpha value is -1.10. The first-order valence-corrected chi connectivity index (χ1v) is 6.90. The molecular weight excluding hydrogens is 232 g/mol. The van der Waals surface area contributed by atoms with E-state index in [1.54, 1.807) is 4.90 Å². The summed E-state index contributed by atoms with van der Waals surface area (Å²) in [5, 5.41) is 12.3. The first-order valence-electron chi connectivity index (χ1n) is 6.90. The first-order chi connectivity index (χ1) is 8.65. The molecule has 2 amide bonds. The van der Waals surface area contributed by atoms with E-state index < -0.39 is 0 Å². The van der Waals surface area contributed by atoms with Gasteiger partial charge in [-0.25, -0.2) is 0 Å². The Morgan fingerprint density at radius 3 is 2.50 bits per heavy atom. The number of amides is 2. The molecule has 0 aromatic carbocycles. The number of nitrogens with zero attached hydrogens (tertiary/aromatic N) is 1.